The second-order valence-electron chi connectivity index (χ2n) is 5.18. The minimum atomic E-state index is 0.222. The van der Waals surface area contributed by atoms with Crippen molar-refractivity contribution in [2.24, 2.45) is 5.73 Å². The van der Waals surface area contributed by atoms with Crippen LogP contribution in [-0.4, -0.2) is 12.7 Å². The summed E-state index contributed by atoms with van der Waals surface area (Å²) in [4.78, 5) is 0. The first-order valence-electron chi connectivity index (χ1n) is 7.80. The lowest BCUT2D eigenvalue weighted by atomic mass is 10.1. The van der Waals surface area contributed by atoms with Gasteiger partial charge in [-0.05, 0) is 19.4 Å². The Morgan fingerprint density at radius 3 is 1.82 bits per heavy atom. The second-order valence-corrected chi connectivity index (χ2v) is 5.18. The van der Waals surface area contributed by atoms with Crippen LogP contribution < -0.4 is 11.1 Å². The van der Waals surface area contributed by atoms with E-state index in [0.717, 1.165) is 13.0 Å². The van der Waals surface area contributed by atoms with Crippen LogP contribution in [0.1, 0.15) is 84.5 Å². The Bertz CT molecular complexity index is 137. The molecule has 0 aliphatic heterocycles. The molecule has 3 N–H and O–H groups in total. The number of hydrogen-bond acceptors (Lipinski definition) is 2. The molecule has 1 unspecified atom stereocenters. The summed E-state index contributed by atoms with van der Waals surface area (Å²) >= 11 is 0. The first kappa shape index (κ1) is 16.9. The molecule has 0 aliphatic rings. The second kappa shape index (κ2) is 14.0. The fourth-order valence-corrected chi connectivity index (χ4v) is 2.11. The van der Waals surface area contributed by atoms with E-state index >= 15 is 0 Å². The van der Waals surface area contributed by atoms with Crippen LogP contribution in [0.5, 0.6) is 0 Å². The van der Waals surface area contributed by atoms with E-state index in [0.29, 0.717) is 0 Å². The number of nitrogens with two attached hydrogens (primary N) is 1. The van der Waals surface area contributed by atoms with Crippen molar-refractivity contribution in [2.45, 2.75) is 90.6 Å². The molecule has 0 bridgehead atoms. The van der Waals surface area contributed by atoms with E-state index in [1.165, 1.54) is 64.2 Å². The van der Waals surface area contributed by atoms with E-state index in [2.05, 4.69) is 19.2 Å². The number of nitrogens with one attached hydrogen (secondary N) is 1. The summed E-state index contributed by atoms with van der Waals surface area (Å²) < 4.78 is 0. The Hall–Kier alpha value is -0.0800. The van der Waals surface area contributed by atoms with Crippen molar-refractivity contribution in [1.29, 1.82) is 0 Å². The zero-order valence-corrected chi connectivity index (χ0v) is 12.1. The lowest BCUT2D eigenvalue weighted by Crippen LogP contribution is -2.37. The summed E-state index contributed by atoms with van der Waals surface area (Å²) in [5, 5.41) is 3.34. The van der Waals surface area contributed by atoms with Crippen LogP contribution in [0.4, 0.5) is 0 Å². The predicted molar refractivity (Wildman–Crippen MR) is 78.1 cm³/mol. The standard InChI is InChI=1S/C15H34N2/c1-3-5-6-7-8-9-10-11-12-13-15(16)17-14-4-2/h15,17H,3-14,16H2,1-2H3. The molecule has 0 aromatic heterocycles. The van der Waals surface area contributed by atoms with Crippen LogP contribution in [-0.2, 0) is 0 Å². The molecule has 0 rings (SSSR count). The third-order valence-electron chi connectivity index (χ3n) is 3.28. The summed E-state index contributed by atoms with van der Waals surface area (Å²) in [6.07, 6.45) is 15.0. The van der Waals surface area contributed by atoms with Crippen LogP contribution >= 0.6 is 0 Å². The zero-order valence-electron chi connectivity index (χ0n) is 12.1. The van der Waals surface area contributed by atoms with Gasteiger partial charge in [-0.15, -0.1) is 0 Å². The zero-order chi connectivity index (χ0) is 12.8. The van der Waals surface area contributed by atoms with Gasteiger partial charge in [-0.3, -0.25) is 0 Å². The Kier molecular flexibility index (Phi) is 13.9. The van der Waals surface area contributed by atoms with Crippen molar-refractivity contribution in [3.63, 3.8) is 0 Å². The summed E-state index contributed by atoms with van der Waals surface area (Å²) in [7, 11) is 0. The van der Waals surface area contributed by atoms with Crippen molar-refractivity contribution >= 4 is 0 Å². The summed E-state index contributed by atoms with van der Waals surface area (Å²) in [5.74, 6) is 0. The SMILES string of the molecule is CCCCCCCCCCCC(N)NCCC. The van der Waals surface area contributed by atoms with Gasteiger partial charge in [0.2, 0.25) is 0 Å². The molecule has 0 fully saturated rings. The predicted octanol–water partition coefficient (Wildman–Crippen LogP) is 4.19. The highest BCUT2D eigenvalue weighted by Gasteiger charge is 1.99. The third-order valence-corrected chi connectivity index (χ3v) is 3.28. The molecule has 104 valence electrons. The van der Waals surface area contributed by atoms with Gasteiger partial charge in [0.15, 0.2) is 0 Å². The fourth-order valence-electron chi connectivity index (χ4n) is 2.11. The van der Waals surface area contributed by atoms with Gasteiger partial charge in [0.1, 0.15) is 0 Å². The topological polar surface area (TPSA) is 38.0 Å². The Morgan fingerprint density at radius 1 is 0.765 bits per heavy atom. The molecule has 17 heavy (non-hydrogen) atoms. The molecule has 0 spiro atoms. The Morgan fingerprint density at radius 2 is 1.29 bits per heavy atom. The molecular formula is C15H34N2. The average molecular weight is 242 g/mol. The molecule has 0 radical (unpaired) electrons. The maximum Gasteiger partial charge on any atom is 0.0546 e. The van der Waals surface area contributed by atoms with Gasteiger partial charge in [-0.2, -0.15) is 0 Å². The van der Waals surface area contributed by atoms with Gasteiger partial charge >= 0.3 is 0 Å². The molecule has 0 aromatic rings. The minimum absolute atomic E-state index is 0.222. The third kappa shape index (κ3) is 13.9. The smallest absolute Gasteiger partial charge is 0.0546 e. The largest absolute Gasteiger partial charge is 0.316 e. The summed E-state index contributed by atoms with van der Waals surface area (Å²) in [6.45, 7) is 5.51. The van der Waals surface area contributed by atoms with Crippen molar-refractivity contribution in [1.82, 2.24) is 5.32 Å². The van der Waals surface area contributed by atoms with Crippen LogP contribution in [0.2, 0.25) is 0 Å². The van der Waals surface area contributed by atoms with Gasteiger partial charge in [0, 0.05) is 0 Å². The highest BCUT2D eigenvalue weighted by molar-refractivity contribution is 4.58. The minimum Gasteiger partial charge on any atom is -0.316 e. The number of rotatable bonds is 13. The Labute approximate surface area is 109 Å². The van der Waals surface area contributed by atoms with E-state index in [-0.39, 0.29) is 6.17 Å². The van der Waals surface area contributed by atoms with Gasteiger partial charge in [-0.25, -0.2) is 0 Å². The highest BCUT2D eigenvalue weighted by Crippen LogP contribution is 2.10. The molecule has 0 heterocycles. The quantitative estimate of drug-likeness (QED) is 0.375. The van der Waals surface area contributed by atoms with Gasteiger partial charge in [0.05, 0.1) is 6.17 Å². The van der Waals surface area contributed by atoms with Crippen molar-refractivity contribution in [3.8, 4) is 0 Å². The van der Waals surface area contributed by atoms with Crippen LogP contribution in [0.3, 0.4) is 0 Å². The molecule has 0 aliphatic carbocycles. The van der Waals surface area contributed by atoms with Crippen LogP contribution in [0.15, 0.2) is 0 Å². The molecule has 0 aromatic carbocycles. The van der Waals surface area contributed by atoms with Gasteiger partial charge < -0.3 is 11.1 Å². The van der Waals surface area contributed by atoms with Gasteiger partial charge in [0.25, 0.3) is 0 Å². The molecule has 2 nitrogen and oxygen atoms in total. The Balaban J connectivity index is 3.02. The van der Waals surface area contributed by atoms with E-state index in [4.69, 9.17) is 5.73 Å². The lowest BCUT2D eigenvalue weighted by Gasteiger charge is -2.12. The average Bonchev–Trinajstić information content (AvgIpc) is 2.34. The summed E-state index contributed by atoms with van der Waals surface area (Å²) in [5.41, 5.74) is 5.94. The number of unbranched alkanes of at least 4 members (excludes halogenated alkanes) is 8. The van der Waals surface area contributed by atoms with E-state index < -0.39 is 0 Å². The lowest BCUT2D eigenvalue weighted by molar-refractivity contribution is 0.462. The van der Waals surface area contributed by atoms with Crippen molar-refractivity contribution in [3.05, 3.63) is 0 Å². The van der Waals surface area contributed by atoms with E-state index in [1.54, 1.807) is 0 Å². The first-order chi connectivity index (χ1) is 8.31. The maximum absolute atomic E-state index is 5.94. The molecule has 1 atom stereocenters. The molecular weight excluding hydrogens is 208 g/mol. The number of hydrogen-bond donors (Lipinski definition) is 2. The molecule has 0 saturated carbocycles. The van der Waals surface area contributed by atoms with Gasteiger partial charge in [-0.1, -0.05) is 71.6 Å². The van der Waals surface area contributed by atoms with Crippen molar-refractivity contribution in [2.75, 3.05) is 6.54 Å². The maximum atomic E-state index is 5.94. The van der Waals surface area contributed by atoms with Crippen LogP contribution in [0.25, 0.3) is 0 Å². The van der Waals surface area contributed by atoms with E-state index in [1.807, 2.05) is 0 Å². The van der Waals surface area contributed by atoms with Crippen LogP contribution in [0, 0.1) is 0 Å². The fraction of sp³-hybridized carbons (Fsp3) is 1.00. The van der Waals surface area contributed by atoms with E-state index in [9.17, 15) is 0 Å². The molecule has 0 saturated heterocycles. The molecule has 0 amide bonds. The summed E-state index contributed by atoms with van der Waals surface area (Å²) in [6, 6.07) is 0. The molecule has 2 heteroatoms. The normalized spacial score (nSPS) is 12.9. The first-order valence-corrected chi connectivity index (χ1v) is 7.80. The van der Waals surface area contributed by atoms with Crippen molar-refractivity contribution < 1.29 is 0 Å². The monoisotopic (exact) mass is 242 g/mol. The highest BCUT2D eigenvalue weighted by atomic mass is 15.0.